The van der Waals surface area contributed by atoms with Crippen molar-refractivity contribution in [2.24, 2.45) is 5.73 Å². The van der Waals surface area contributed by atoms with Gasteiger partial charge < -0.3 is 15.6 Å². The van der Waals surface area contributed by atoms with E-state index >= 15 is 0 Å². The fourth-order valence-corrected chi connectivity index (χ4v) is 1.75. The average molecular weight is 232 g/mol. The van der Waals surface area contributed by atoms with E-state index in [4.69, 9.17) is 15.6 Å². The third kappa shape index (κ3) is 1.92. The number of aliphatic carboxylic acids is 1. The molecule has 1 aromatic heterocycles. The van der Waals surface area contributed by atoms with E-state index in [1.54, 1.807) is 12.1 Å². The minimum absolute atomic E-state index is 0.388. The Kier molecular flexibility index (Phi) is 2.93. The van der Waals surface area contributed by atoms with Gasteiger partial charge in [-0.3, -0.25) is 9.78 Å². The first kappa shape index (κ1) is 11.3. The van der Waals surface area contributed by atoms with Gasteiger partial charge in [0, 0.05) is 10.9 Å². The molecule has 2 aromatic rings. The van der Waals surface area contributed by atoms with E-state index < -0.39 is 12.0 Å². The maximum atomic E-state index is 11.0. The Morgan fingerprint density at radius 1 is 1.47 bits per heavy atom. The van der Waals surface area contributed by atoms with Gasteiger partial charge in [0.1, 0.15) is 11.8 Å². The molecule has 0 saturated carbocycles. The highest BCUT2D eigenvalue weighted by Gasteiger charge is 2.21. The van der Waals surface area contributed by atoms with Gasteiger partial charge in [0.25, 0.3) is 0 Å². The number of nitrogens with zero attached hydrogens (tertiary/aromatic N) is 1. The predicted molar refractivity (Wildman–Crippen MR) is 62.9 cm³/mol. The van der Waals surface area contributed by atoms with E-state index in [0.717, 1.165) is 0 Å². The van der Waals surface area contributed by atoms with Gasteiger partial charge in [-0.05, 0) is 6.07 Å². The second-order valence-electron chi connectivity index (χ2n) is 3.57. The number of pyridine rings is 1. The van der Waals surface area contributed by atoms with E-state index in [2.05, 4.69) is 4.98 Å². The Labute approximate surface area is 97.8 Å². The summed E-state index contributed by atoms with van der Waals surface area (Å²) < 4.78 is 5.12. The van der Waals surface area contributed by atoms with Crippen LogP contribution in [-0.4, -0.2) is 23.2 Å². The van der Waals surface area contributed by atoms with Gasteiger partial charge in [-0.15, -0.1) is 0 Å². The molecule has 1 heterocycles. The van der Waals surface area contributed by atoms with Gasteiger partial charge in [0.2, 0.25) is 0 Å². The molecule has 0 radical (unpaired) electrons. The van der Waals surface area contributed by atoms with Gasteiger partial charge in [-0.2, -0.15) is 0 Å². The van der Waals surface area contributed by atoms with E-state index in [9.17, 15) is 4.79 Å². The molecule has 0 aliphatic heterocycles. The van der Waals surface area contributed by atoms with Crippen LogP contribution in [-0.2, 0) is 4.79 Å². The Bertz CT molecular complexity index is 569. The lowest BCUT2D eigenvalue weighted by Gasteiger charge is -2.14. The van der Waals surface area contributed by atoms with Crippen LogP contribution >= 0.6 is 0 Å². The van der Waals surface area contributed by atoms with Crippen molar-refractivity contribution in [2.75, 3.05) is 7.11 Å². The highest BCUT2D eigenvalue weighted by Crippen LogP contribution is 2.30. The van der Waals surface area contributed by atoms with Crippen molar-refractivity contribution in [2.45, 2.75) is 6.04 Å². The zero-order chi connectivity index (χ0) is 12.4. The quantitative estimate of drug-likeness (QED) is 0.833. The lowest BCUT2D eigenvalue weighted by Crippen LogP contribution is -2.21. The van der Waals surface area contributed by atoms with Crippen LogP contribution in [0.25, 0.3) is 10.9 Å². The molecule has 0 saturated heterocycles. The number of aromatic nitrogens is 1. The van der Waals surface area contributed by atoms with Crippen LogP contribution in [0.5, 0.6) is 5.75 Å². The van der Waals surface area contributed by atoms with Crippen LogP contribution in [0, 0.1) is 0 Å². The second-order valence-corrected chi connectivity index (χ2v) is 3.57. The zero-order valence-corrected chi connectivity index (χ0v) is 9.25. The van der Waals surface area contributed by atoms with Crippen LogP contribution in [0.3, 0.4) is 0 Å². The van der Waals surface area contributed by atoms with Crippen LogP contribution in [0.2, 0.25) is 0 Å². The molecular formula is C12H12N2O3. The molecule has 88 valence electrons. The third-order valence-corrected chi connectivity index (χ3v) is 2.58. The van der Waals surface area contributed by atoms with Crippen molar-refractivity contribution in [3.05, 3.63) is 36.0 Å². The molecule has 0 aliphatic rings. The zero-order valence-electron chi connectivity index (χ0n) is 9.25. The molecule has 17 heavy (non-hydrogen) atoms. The lowest BCUT2D eigenvalue weighted by atomic mass is 10.0. The highest BCUT2D eigenvalue weighted by atomic mass is 16.5. The summed E-state index contributed by atoms with van der Waals surface area (Å²) in [5, 5.41) is 9.71. The Balaban J connectivity index is 2.75. The lowest BCUT2D eigenvalue weighted by molar-refractivity contribution is -0.138. The van der Waals surface area contributed by atoms with Crippen molar-refractivity contribution in [1.82, 2.24) is 4.98 Å². The first-order valence-corrected chi connectivity index (χ1v) is 5.05. The molecule has 5 nitrogen and oxygen atoms in total. The molecule has 3 N–H and O–H groups in total. The maximum absolute atomic E-state index is 11.0. The number of carbonyl (C=O) groups is 1. The summed E-state index contributed by atoms with van der Waals surface area (Å²) in [5.41, 5.74) is 6.82. The number of benzene rings is 1. The minimum atomic E-state index is -1.13. The van der Waals surface area contributed by atoms with Crippen LogP contribution < -0.4 is 10.5 Å². The van der Waals surface area contributed by atoms with Crippen molar-refractivity contribution in [1.29, 1.82) is 0 Å². The van der Waals surface area contributed by atoms with Gasteiger partial charge in [-0.1, -0.05) is 18.2 Å². The largest absolute Gasteiger partial charge is 0.495 e. The monoisotopic (exact) mass is 232 g/mol. The molecule has 1 aromatic carbocycles. The molecule has 0 spiro atoms. The first-order valence-electron chi connectivity index (χ1n) is 5.05. The van der Waals surface area contributed by atoms with Crippen molar-refractivity contribution in [3.8, 4) is 5.75 Å². The first-order chi connectivity index (χ1) is 8.15. The number of para-hydroxylation sites is 1. The molecule has 5 heteroatoms. The standard InChI is InChI=1S/C12H12N2O3/c1-17-9-6-14-8-5-3-2-4-7(8)10(9)11(13)12(15)16/h2-6,11H,13H2,1H3,(H,15,16). The smallest absolute Gasteiger partial charge is 0.325 e. The van der Waals surface area contributed by atoms with Crippen molar-refractivity contribution < 1.29 is 14.6 Å². The fraction of sp³-hybridized carbons (Fsp3) is 0.167. The number of hydrogen-bond donors (Lipinski definition) is 2. The summed E-state index contributed by atoms with van der Waals surface area (Å²) >= 11 is 0. The fourth-order valence-electron chi connectivity index (χ4n) is 1.75. The van der Waals surface area contributed by atoms with Gasteiger partial charge >= 0.3 is 5.97 Å². The second kappa shape index (κ2) is 4.39. The molecule has 1 unspecified atom stereocenters. The van der Waals surface area contributed by atoms with E-state index in [1.165, 1.54) is 13.3 Å². The minimum Gasteiger partial charge on any atom is -0.495 e. The van der Waals surface area contributed by atoms with Crippen molar-refractivity contribution in [3.63, 3.8) is 0 Å². The highest BCUT2D eigenvalue weighted by molar-refractivity contribution is 5.90. The summed E-state index contributed by atoms with van der Waals surface area (Å²) in [6, 6.07) is 6.09. The van der Waals surface area contributed by atoms with Crippen LogP contribution in [0.1, 0.15) is 11.6 Å². The Morgan fingerprint density at radius 2 is 2.18 bits per heavy atom. The molecule has 1 atom stereocenters. The number of carboxylic acids is 1. The van der Waals surface area contributed by atoms with E-state index in [0.29, 0.717) is 22.2 Å². The molecule has 0 aliphatic carbocycles. The Hall–Kier alpha value is -2.14. The number of methoxy groups -OCH3 is 1. The SMILES string of the molecule is COc1cnc2ccccc2c1C(N)C(=O)O. The normalized spacial score (nSPS) is 12.4. The summed E-state index contributed by atoms with van der Waals surface area (Å²) in [5.74, 6) is -0.710. The number of ether oxygens (including phenoxy) is 1. The molecule has 0 fully saturated rings. The summed E-state index contributed by atoms with van der Waals surface area (Å²) in [4.78, 5) is 15.2. The average Bonchev–Trinajstić information content (AvgIpc) is 2.36. The molecule has 2 rings (SSSR count). The topological polar surface area (TPSA) is 85.4 Å². The van der Waals surface area contributed by atoms with E-state index in [1.807, 2.05) is 12.1 Å². The summed E-state index contributed by atoms with van der Waals surface area (Å²) in [6.07, 6.45) is 1.49. The molecular weight excluding hydrogens is 220 g/mol. The Morgan fingerprint density at radius 3 is 2.82 bits per heavy atom. The van der Waals surface area contributed by atoms with Gasteiger partial charge in [-0.25, -0.2) is 0 Å². The van der Waals surface area contributed by atoms with Gasteiger partial charge in [0.05, 0.1) is 18.8 Å². The van der Waals surface area contributed by atoms with Crippen LogP contribution in [0.4, 0.5) is 0 Å². The molecule has 0 amide bonds. The third-order valence-electron chi connectivity index (χ3n) is 2.58. The number of fused-ring (bicyclic) bond motifs is 1. The number of rotatable bonds is 3. The number of carboxylic acid groups (broad SMARTS) is 1. The number of nitrogens with two attached hydrogens (primary N) is 1. The van der Waals surface area contributed by atoms with Crippen LogP contribution in [0.15, 0.2) is 30.5 Å². The summed E-state index contributed by atoms with van der Waals surface area (Å²) in [6.45, 7) is 0. The predicted octanol–water partition coefficient (Wildman–Crippen LogP) is 1.33. The van der Waals surface area contributed by atoms with Crippen molar-refractivity contribution >= 4 is 16.9 Å². The number of hydrogen-bond acceptors (Lipinski definition) is 4. The maximum Gasteiger partial charge on any atom is 0.325 e. The molecule has 0 bridgehead atoms. The van der Waals surface area contributed by atoms with Gasteiger partial charge in [0.15, 0.2) is 0 Å². The summed E-state index contributed by atoms with van der Waals surface area (Å²) in [7, 11) is 1.46. The van der Waals surface area contributed by atoms with E-state index in [-0.39, 0.29) is 0 Å².